The number of H-pyrrole nitrogens is 1. The topological polar surface area (TPSA) is 79.5 Å². The fourth-order valence-corrected chi connectivity index (χ4v) is 4.89. The van der Waals surface area contributed by atoms with Crippen LogP contribution in [0, 0.1) is 5.82 Å². The van der Waals surface area contributed by atoms with Crippen LogP contribution < -0.4 is 0 Å². The first kappa shape index (κ1) is 24.0. The molecule has 8 heteroatoms. The summed E-state index contributed by atoms with van der Waals surface area (Å²) in [6, 6.07) is 9.38. The van der Waals surface area contributed by atoms with Crippen LogP contribution in [0.1, 0.15) is 70.4 Å². The largest absolute Gasteiger partial charge is 0.461 e. The summed E-state index contributed by atoms with van der Waals surface area (Å²) >= 11 is 6.10. The Morgan fingerprint density at radius 2 is 1.85 bits per heavy atom. The highest BCUT2D eigenvalue weighted by molar-refractivity contribution is 6.31. The Morgan fingerprint density at radius 3 is 2.50 bits per heavy atom. The lowest BCUT2D eigenvalue weighted by atomic mass is 9.72. The standard InChI is InChI=1S/C26H26ClFN2O4/c1-4-34-25(33)23-22(18-7-5-16(27)13-21(18)29-23)24(32)30-11-9-26(3,10-12-30)20-8-6-17(28)14-19(20)15(2)31/h5-8,13-14,29H,4,9-12H2,1-3H3. The average Bonchev–Trinajstić information content (AvgIpc) is 3.17. The maximum Gasteiger partial charge on any atom is 0.355 e. The normalized spacial score (nSPS) is 15.4. The van der Waals surface area contributed by atoms with E-state index in [9.17, 15) is 18.8 Å². The molecule has 1 aromatic heterocycles. The lowest BCUT2D eigenvalue weighted by Crippen LogP contribution is -2.44. The quantitative estimate of drug-likeness (QED) is 0.381. The Kier molecular flexibility index (Phi) is 6.49. The van der Waals surface area contributed by atoms with Crippen molar-refractivity contribution in [3.05, 3.63) is 69.6 Å². The number of likely N-dealkylation sites (tertiary alicyclic amines) is 1. The molecule has 0 unspecified atom stereocenters. The number of nitrogens with one attached hydrogen (secondary N) is 1. The van der Waals surface area contributed by atoms with Crippen LogP contribution in [0.3, 0.4) is 0 Å². The molecule has 0 aliphatic carbocycles. The molecule has 34 heavy (non-hydrogen) atoms. The lowest BCUT2D eigenvalue weighted by molar-refractivity contribution is 0.0509. The first-order valence-corrected chi connectivity index (χ1v) is 11.6. The van der Waals surface area contributed by atoms with Gasteiger partial charge in [0.2, 0.25) is 0 Å². The number of piperidine rings is 1. The molecule has 178 valence electrons. The third kappa shape index (κ3) is 4.32. The maximum absolute atomic E-state index is 13.8. The number of fused-ring (bicyclic) bond motifs is 1. The van der Waals surface area contributed by atoms with Gasteiger partial charge in [0, 0.05) is 34.6 Å². The van der Waals surface area contributed by atoms with E-state index in [1.165, 1.54) is 19.1 Å². The summed E-state index contributed by atoms with van der Waals surface area (Å²) in [6.45, 7) is 6.20. The van der Waals surface area contributed by atoms with E-state index in [2.05, 4.69) is 4.98 Å². The molecule has 0 saturated carbocycles. The van der Waals surface area contributed by atoms with Crippen molar-refractivity contribution in [2.24, 2.45) is 0 Å². The second-order valence-corrected chi connectivity index (χ2v) is 9.32. The first-order chi connectivity index (χ1) is 16.1. The van der Waals surface area contributed by atoms with Gasteiger partial charge in [-0.2, -0.15) is 0 Å². The molecular weight excluding hydrogens is 459 g/mol. The van der Waals surface area contributed by atoms with Crippen LogP contribution in [0.2, 0.25) is 5.02 Å². The molecule has 6 nitrogen and oxygen atoms in total. The van der Waals surface area contributed by atoms with Gasteiger partial charge in [-0.3, -0.25) is 9.59 Å². The van der Waals surface area contributed by atoms with Crippen LogP contribution in [-0.2, 0) is 10.2 Å². The molecule has 1 aliphatic heterocycles. The van der Waals surface area contributed by atoms with Crippen molar-refractivity contribution in [3.8, 4) is 0 Å². The molecule has 2 heterocycles. The monoisotopic (exact) mass is 484 g/mol. The summed E-state index contributed by atoms with van der Waals surface area (Å²) in [6.07, 6.45) is 1.18. The third-order valence-electron chi connectivity index (χ3n) is 6.62. The molecule has 1 saturated heterocycles. The number of hydrogen-bond acceptors (Lipinski definition) is 4. The number of Topliss-reactive ketones (excluding diaryl/α,β-unsaturated/α-hetero) is 1. The number of aromatic amines is 1. The summed E-state index contributed by atoms with van der Waals surface area (Å²) in [5.74, 6) is -1.51. The van der Waals surface area contributed by atoms with E-state index in [1.54, 1.807) is 36.1 Å². The molecule has 3 aromatic rings. The molecule has 1 N–H and O–H groups in total. The van der Waals surface area contributed by atoms with Crippen molar-refractivity contribution in [1.82, 2.24) is 9.88 Å². The van der Waals surface area contributed by atoms with Gasteiger partial charge in [0.1, 0.15) is 11.5 Å². The van der Waals surface area contributed by atoms with Crippen molar-refractivity contribution in [2.75, 3.05) is 19.7 Å². The Morgan fingerprint density at radius 1 is 1.15 bits per heavy atom. The Bertz CT molecular complexity index is 1290. The molecule has 0 atom stereocenters. The Labute approximate surface area is 202 Å². The fraction of sp³-hybridized carbons (Fsp3) is 0.346. The fourth-order valence-electron chi connectivity index (χ4n) is 4.71. The van der Waals surface area contributed by atoms with Gasteiger partial charge in [0.15, 0.2) is 5.78 Å². The Hall–Kier alpha value is -3.19. The first-order valence-electron chi connectivity index (χ1n) is 11.2. The molecule has 1 fully saturated rings. The third-order valence-corrected chi connectivity index (χ3v) is 6.85. The van der Waals surface area contributed by atoms with E-state index in [4.69, 9.17) is 16.3 Å². The van der Waals surface area contributed by atoms with Crippen molar-refractivity contribution < 1.29 is 23.5 Å². The predicted molar refractivity (Wildman–Crippen MR) is 128 cm³/mol. The average molecular weight is 485 g/mol. The Balaban J connectivity index is 1.64. The van der Waals surface area contributed by atoms with Crippen LogP contribution in [0.25, 0.3) is 10.9 Å². The van der Waals surface area contributed by atoms with Crippen molar-refractivity contribution >= 4 is 40.2 Å². The number of aromatic nitrogens is 1. The second-order valence-electron chi connectivity index (χ2n) is 8.88. The highest BCUT2D eigenvalue weighted by Crippen LogP contribution is 2.38. The van der Waals surface area contributed by atoms with Gasteiger partial charge in [-0.05, 0) is 61.9 Å². The lowest BCUT2D eigenvalue weighted by Gasteiger charge is -2.40. The van der Waals surface area contributed by atoms with Crippen LogP contribution in [0.15, 0.2) is 36.4 Å². The van der Waals surface area contributed by atoms with E-state index >= 15 is 0 Å². The number of rotatable bonds is 5. The molecule has 1 amide bonds. The number of benzene rings is 2. The van der Waals surface area contributed by atoms with Gasteiger partial charge >= 0.3 is 5.97 Å². The van der Waals surface area contributed by atoms with E-state index in [-0.39, 0.29) is 35.0 Å². The molecule has 0 radical (unpaired) electrons. The molecule has 2 aromatic carbocycles. The summed E-state index contributed by atoms with van der Waals surface area (Å²) in [4.78, 5) is 43.1. The molecule has 0 bridgehead atoms. The number of carbonyl (C=O) groups is 3. The summed E-state index contributed by atoms with van der Waals surface area (Å²) in [7, 11) is 0. The van der Waals surface area contributed by atoms with Crippen LogP contribution >= 0.6 is 11.6 Å². The zero-order valence-corrected chi connectivity index (χ0v) is 20.1. The summed E-state index contributed by atoms with van der Waals surface area (Å²) in [5, 5.41) is 1.08. The van der Waals surface area contributed by atoms with Gasteiger partial charge in [-0.15, -0.1) is 0 Å². The van der Waals surface area contributed by atoms with Crippen LogP contribution in [-0.4, -0.2) is 47.2 Å². The van der Waals surface area contributed by atoms with Crippen LogP contribution in [0.4, 0.5) is 4.39 Å². The summed E-state index contributed by atoms with van der Waals surface area (Å²) in [5.41, 5.74) is 1.74. The van der Waals surface area contributed by atoms with Gasteiger partial charge in [-0.1, -0.05) is 30.7 Å². The number of amides is 1. The number of ether oxygens (including phenoxy) is 1. The zero-order chi connectivity index (χ0) is 24.6. The van der Waals surface area contributed by atoms with Gasteiger partial charge in [0.25, 0.3) is 5.91 Å². The van der Waals surface area contributed by atoms with Gasteiger partial charge in [-0.25, -0.2) is 9.18 Å². The van der Waals surface area contributed by atoms with E-state index in [0.29, 0.717) is 47.4 Å². The van der Waals surface area contributed by atoms with Gasteiger partial charge in [0.05, 0.1) is 12.2 Å². The number of carbonyl (C=O) groups excluding carboxylic acids is 3. The molecular formula is C26H26ClFN2O4. The van der Waals surface area contributed by atoms with E-state index < -0.39 is 11.8 Å². The van der Waals surface area contributed by atoms with Crippen LogP contribution in [0.5, 0.6) is 0 Å². The number of hydrogen-bond donors (Lipinski definition) is 1. The minimum Gasteiger partial charge on any atom is -0.461 e. The smallest absolute Gasteiger partial charge is 0.355 e. The zero-order valence-electron chi connectivity index (χ0n) is 19.3. The number of nitrogens with zero attached hydrogens (tertiary/aromatic N) is 1. The second kappa shape index (κ2) is 9.22. The van der Waals surface area contributed by atoms with E-state index in [0.717, 1.165) is 5.56 Å². The van der Waals surface area contributed by atoms with Crippen molar-refractivity contribution in [1.29, 1.82) is 0 Å². The van der Waals surface area contributed by atoms with E-state index in [1.807, 2.05) is 6.92 Å². The predicted octanol–water partition coefficient (Wildman–Crippen LogP) is 5.53. The minimum atomic E-state index is -0.600. The van der Waals surface area contributed by atoms with Crippen molar-refractivity contribution in [3.63, 3.8) is 0 Å². The molecule has 4 rings (SSSR count). The summed E-state index contributed by atoms with van der Waals surface area (Å²) < 4.78 is 18.9. The highest BCUT2D eigenvalue weighted by Gasteiger charge is 2.37. The van der Waals surface area contributed by atoms with Gasteiger partial charge < -0.3 is 14.6 Å². The maximum atomic E-state index is 13.8. The number of esters is 1. The number of ketones is 1. The minimum absolute atomic E-state index is 0.106. The highest BCUT2D eigenvalue weighted by atomic mass is 35.5. The SMILES string of the molecule is CCOC(=O)c1[nH]c2cc(Cl)ccc2c1C(=O)N1CCC(C)(c2ccc(F)cc2C(C)=O)CC1. The van der Waals surface area contributed by atoms with Crippen molar-refractivity contribution in [2.45, 2.75) is 39.0 Å². The molecule has 1 aliphatic rings. The molecule has 0 spiro atoms. The number of halogens is 2.